The maximum absolute atomic E-state index is 11.3. The number of hydrogen-bond acceptors (Lipinski definition) is 1. The van der Waals surface area contributed by atoms with E-state index in [1.165, 1.54) is 0 Å². The van der Waals surface area contributed by atoms with Gasteiger partial charge in [-0.3, -0.25) is 0 Å². The largest absolute Gasteiger partial charge is 0.311 e. The van der Waals surface area contributed by atoms with Crippen molar-refractivity contribution in [3.63, 3.8) is 0 Å². The molecule has 0 spiro atoms. The number of fused-ring (bicyclic) bond motifs is 1. The van der Waals surface area contributed by atoms with Crippen LogP contribution in [0.4, 0.5) is 0 Å². The van der Waals surface area contributed by atoms with Crippen molar-refractivity contribution in [2.75, 3.05) is 0 Å². The maximum Gasteiger partial charge on any atom is 0.311 e. The highest BCUT2D eigenvalue weighted by Gasteiger charge is 2.17. The van der Waals surface area contributed by atoms with Crippen molar-refractivity contribution < 1.29 is 9.78 Å². The van der Waals surface area contributed by atoms with Crippen molar-refractivity contribution in [3.8, 4) is 0 Å². The highest BCUT2D eigenvalue weighted by atomic mass is 16.1. The molecule has 3 heteroatoms. The highest BCUT2D eigenvalue weighted by molar-refractivity contribution is 5.87. The number of aromatic amines is 1. The summed E-state index contributed by atoms with van der Waals surface area (Å²) in [6.07, 6.45) is 0. The zero-order valence-corrected chi connectivity index (χ0v) is 7.66. The minimum atomic E-state index is 0.0370. The first kappa shape index (κ1) is 7.98. The number of carbonyl (C=O) groups excluding carboxylic acids is 1. The third kappa shape index (κ3) is 1.13. The SMILES string of the molecule is CC(=O)n1c(C)[nH+]c2ccccc21. The summed E-state index contributed by atoms with van der Waals surface area (Å²) in [6, 6.07) is 7.76. The Kier molecular flexibility index (Phi) is 1.65. The molecule has 0 aliphatic heterocycles. The van der Waals surface area contributed by atoms with Gasteiger partial charge in [0.1, 0.15) is 0 Å². The van der Waals surface area contributed by atoms with Gasteiger partial charge in [0.25, 0.3) is 5.82 Å². The molecule has 3 nitrogen and oxygen atoms in total. The molecule has 13 heavy (non-hydrogen) atoms. The molecule has 0 aliphatic rings. The van der Waals surface area contributed by atoms with Gasteiger partial charge in [-0.25, -0.2) is 9.78 Å². The second kappa shape index (κ2) is 2.69. The van der Waals surface area contributed by atoms with Crippen LogP contribution in [-0.2, 0) is 0 Å². The van der Waals surface area contributed by atoms with Crippen molar-refractivity contribution in [2.24, 2.45) is 0 Å². The number of carbonyl (C=O) groups is 1. The van der Waals surface area contributed by atoms with Crippen LogP contribution < -0.4 is 4.98 Å². The topological polar surface area (TPSA) is 36.1 Å². The van der Waals surface area contributed by atoms with Gasteiger partial charge in [0.15, 0.2) is 11.0 Å². The lowest BCUT2D eigenvalue weighted by Crippen LogP contribution is -2.12. The number of para-hydroxylation sites is 2. The molecule has 0 aliphatic carbocycles. The summed E-state index contributed by atoms with van der Waals surface area (Å²) in [5.41, 5.74) is 1.93. The summed E-state index contributed by atoms with van der Waals surface area (Å²) < 4.78 is 1.68. The van der Waals surface area contributed by atoms with Gasteiger partial charge in [0.05, 0.1) is 0 Å². The second-order valence-corrected chi connectivity index (χ2v) is 3.08. The Morgan fingerprint density at radius 1 is 1.38 bits per heavy atom. The zero-order valence-electron chi connectivity index (χ0n) is 7.66. The molecular weight excluding hydrogens is 164 g/mol. The Bertz CT molecular complexity index is 471. The van der Waals surface area contributed by atoms with E-state index in [2.05, 4.69) is 4.98 Å². The van der Waals surface area contributed by atoms with E-state index in [9.17, 15) is 4.79 Å². The van der Waals surface area contributed by atoms with E-state index in [-0.39, 0.29) is 5.91 Å². The Morgan fingerprint density at radius 3 is 2.77 bits per heavy atom. The van der Waals surface area contributed by atoms with Gasteiger partial charge in [0, 0.05) is 13.8 Å². The number of benzene rings is 1. The van der Waals surface area contributed by atoms with Gasteiger partial charge >= 0.3 is 5.91 Å². The smallest absolute Gasteiger partial charge is 0.247 e. The van der Waals surface area contributed by atoms with Crippen molar-refractivity contribution in [2.45, 2.75) is 13.8 Å². The quantitative estimate of drug-likeness (QED) is 0.596. The molecule has 1 aromatic carbocycles. The van der Waals surface area contributed by atoms with E-state index in [1.54, 1.807) is 11.5 Å². The predicted octanol–water partition coefficient (Wildman–Crippen LogP) is 1.42. The van der Waals surface area contributed by atoms with Crippen LogP contribution in [0.5, 0.6) is 0 Å². The third-order valence-corrected chi connectivity index (χ3v) is 2.11. The molecule has 66 valence electrons. The van der Waals surface area contributed by atoms with Crippen molar-refractivity contribution in [1.82, 2.24) is 4.57 Å². The van der Waals surface area contributed by atoms with Crippen LogP contribution >= 0.6 is 0 Å². The number of hydrogen-bond donors (Lipinski definition) is 0. The molecule has 0 unspecified atom stereocenters. The average molecular weight is 175 g/mol. The lowest BCUT2D eigenvalue weighted by atomic mass is 10.3. The van der Waals surface area contributed by atoms with E-state index in [0.29, 0.717) is 0 Å². The van der Waals surface area contributed by atoms with E-state index < -0.39 is 0 Å². The van der Waals surface area contributed by atoms with Gasteiger partial charge < -0.3 is 0 Å². The van der Waals surface area contributed by atoms with Gasteiger partial charge in [-0.15, -0.1) is 0 Å². The monoisotopic (exact) mass is 175 g/mol. The summed E-state index contributed by atoms with van der Waals surface area (Å²) in [5.74, 6) is 0.906. The average Bonchev–Trinajstić information content (AvgIpc) is 2.39. The number of aryl methyl sites for hydroxylation is 1. The minimum Gasteiger partial charge on any atom is -0.247 e. The van der Waals surface area contributed by atoms with Crippen LogP contribution in [0.3, 0.4) is 0 Å². The van der Waals surface area contributed by atoms with E-state index >= 15 is 0 Å². The molecule has 0 saturated carbocycles. The van der Waals surface area contributed by atoms with Crippen LogP contribution in [0.2, 0.25) is 0 Å². The van der Waals surface area contributed by atoms with E-state index in [0.717, 1.165) is 16.9 Å². The van der Waals surface area contributed by atoms with Crippen molar-refractivity contribution >= 4 is 16.9 Å². The molecule has 2 rings (SSSR count). The molecule has 0 amide bonds. The van der Waals surface area contributed by atoms with Crippen LogP contribution in [-0.4, -0.2) is 10.5 Å². The Morgan fingerprint density at radius 2 is 2.08 bits per heavy atom. The van der Waals surface area contributed by atoms with Crippen LogP contribution in [0.25, 0.3) is 11.0 Å². The second-order valence-electron chi connectivity index (χ2n) is 3.08. The lowest BCUT2D eigenvalue weighted by Gasteiger charge is -1.89. The van der Waals surface area contributed by atoms with Gasteiger partial charge in [-0.05, 0) is 12.1 Å². The third-order valence-electron chi connectivity index (χ3n) is 2.11. The molecule has 1 heterocycles. The first-order valence-corrected chi connectivity index (χ1v) is 4.20. The molecular formula is C10H11N2O+. The van der Waals surface area contributed by atoms with E-state index in [4.69, 9.17) is 0 Å². The highest BCUT2D eigenvalue weighted by Crippen LogP contribution is 2.10. The maximum atomic E-state index is 11.3. The molecule has 0 atom stereocenters. The summed E-state index contributed by atoms with van der Waals surface area (Å²) in [5, 5.41) is 0. The number of aromatic nitrogens is 2. The van der Waals surface area contributed by atoms with Crippen LogP contribution in [0.1, 0.15) is 17.5 Å². The zero-order chi connectivity index (χ0) is 9.42. The fourth-order valence-electron chi connectivity index (χ4n) is 1.61. The molecule has 1 N–H and O–H groups in total. The Labute approximate surface area is 76.0 Å². The molecule has 1 aromatic heterocycles. The van der Waals surface area contributed by atoms with E-state index in [1.807, 2.05) is 31.2 Å². The summed E-state index contributed by atoms with van der Waals surface area (Å²) in [7, 11) is 0. The van der Waals surface area contributed by atoms with Crippen molar-refractivity contribution in [3.05, 3.63) is 30.1 Å². The van der Waals surface area contributed by atoms with Gasteiger partial charge in [0.2, 0.25) is 0 Å². The number of nitrogens with one attached hydrogen (secondary N) is 1. The lowest BCUT2D eigenvalue weighted by molar-refractivity contribution is -0.356. The number of nitrogens with zero attached hydrogens (tertiary/aromatic N) is 1. The fourth-order valence-corrected chi connectivity index (χ4v) is 1.61. The van der Waals surface area contributed by atoms with Crippen LogP contribution in [0, 0.1) is 6.92 Å². The fraction of sp³-hybridized carbons (Fsp3) is 0.200. The summed E-state index contributed by atoms with van der Waals surface area (Å²) in [6.45, 7) is 3.45. The molecule has 2 aromatic rings. The van der Waals surface area contributed by atoms with Crippen molar-refractivity contribution in [1.29, 1.82) is 0 Å². The summed E-state index contributed by atoms with van der Waals surface area (Å²) in [4.78, 5) is 14.4. The first-order valence-electron chi connectivity index (χ1n) is 4.20. The molecule has 0 radical (unpaired) electrons. The normalized spacial score (nSPS) is 10.6. The molecule has 0 saturated heterocycles. The predicted molar refractivity (Wildman–Crippen MR) is 49.5 cm³/mol. The van der Waals surface area contributed by atoms with Gasteiger partial charge in [-0.2, -0.15) is 4.57 Å². The Hall–Kier alpha value is -1.64. The Balaban J connectivity index is 2.86. The minimum absolute atomic E-state index is 0.0370. The number of H-pyrrole nitrogens is 1. The van der Waals surface area contributed by atoms with Crippen LogP contribution in [0.15, 0.2) is 24.3 Å². The standard InChI is InChI=1S/C10H10N2O/c1-7-11-9-5-3-4-6-10(9)12(7)8(2)13/h3-6H,1-2H3/p+1. The first-order chi connectivity index (χ1) is 6.20. The molecule has 0 fully saturated rings. The number of imidazole rings is 1. The van der Waals surface area contributed by atoms with Gasteiger partial charge in [-0.1, -0.05) is 12.1 Å². The molecule has 0 bridgehead atoms. The number of rotatable bonds is 0. The summed E-state index contributed by atoms with van der Waals surface area (Å²) >= 11 is 0.